The van der Waals surface area contributed by atoms with Crippen molar-refractivity contribution in [3.8, 4) is 0 Å². The molecule has 3 heteroatoms. The molecule has 0 unspecified atom stereocenters. The largest absolute Gasteiger partial charge is 0.361 e. The van der Waals surface area contributed by atoms with E-state index in [1.54, 1.807) is 0 Å². The van der Waals surface area contributed by atoms with Gasteiger partial charge in [0.1, 0.15) is 12.5 Å². The third-order valence-electron chi connectivity index (χ3n) is 3.94. The Balaban J connectivity index is 2.25. The zero-order valence-electron chi connectivity index (χ0n) is 11.2. The molecule has 2 atom stereocenters. The lowest BCUT2D eigenvalue weighted by Gasteiger charge is -2.36. The number of rotatable bonds is 3. The summed E-state index contributed by atoms with van der Waals surface area (Å²) >= 11 is 0. The van der Waals surface area contributed by atoms with E-state index in [0.29, 0.717) is 11.8 Å². The van der Waals surface area contributed by atoms with Crippen molar-refractivity contribution >= 4 is 0 Å². The minimum Gasteiger partial charge on any atom is -0.361 e. The van der Waals surface area contributed by atoms with E-state index in [2.05, 4.69) is 39.5 Å². The van der Waals surface area contributed by atoms with Gasteiger partial charge in [0.2, 0.25) is 0 Å². The van der Waals surface area contributed by atoms with Gasteiger partial charge in [-0.25, -0.2) is 4.90 Å². The van der Waals surface area contributed by atoms with Crippen LogP contribution in [0.3, 0.4) is 0 Å². The molecule has 0 spiro atoms. The molecule has 2 aliphatic heterocycles. The first-order valence-electron chi connectivity index (χ1n) is 6.53. The van der Waals surface area contributed by atoms with Crippen molar-refractivity contribution in [3.05, 3.63) is 0 Å². The fraction of sp³-hybridized carbons (Fsp3) is 1.00. The van der Waals surface area contributed by atoms with Crippen molar-refractivity contribution < 1.29 is 9.47 Å². The van der Waals surface area contributed by atoms with Crippen molar-refractivity contribution in [1.29, 1.82) is 0 Å². The quantitative estimate of drug-likeness (QED) is 0.739. The number of hydrogen-bond donors (Lipinski definition) is 0. The van der Waals surface area contributed by atoms with E-state index < -0.39 is 0 Å². The van der Waals surface area contributed by atoms with Gasteiger partial charge in [0.15, 0.2) is 0 Å². The molecule has 94 valence electrons. The van der Waals surface area contributed by atoms with Gasteiger partial charge in [-0.3, -0.25) is 0 Å². The molecule has 0 aromatic rings. The average molecular weight is 227 g/mol. The van der Waals surface area contributed by atoms with Crippen molar-refractivity contribution in [1.82, 2.24) is 4.90 Å². The Labute approximate surface area is 99.1 Å². The summed E-state index contributed by atoms with van der Waals surface area (Å²) in [6.45, 7) is 12.8. The molecule has 0 amide bonds. The maximum Gasteiger partial charge on any atom is 0.115 e. The first kappa shape index (κ1) is 12.3. The summed E-state index contributed by atoms with van der Waals surface area (Å²) in [7, 11) is 0. The second-order valence-electron chi connectivity index (χ2n) is 5.88. The predicted octanol–water partition coefficient (Wildman–Crippen LogP) is 2.46. The van der Waals surface area contributed by atoms with E-state index in [9.17, 15) is 0 Å². The van der Waals surface area contributed by atoms with Crippen molar-refractivity contribution in [2.45, 2.75) is 59.0 Å². The minimum absolute atomic E-state index is 0.143. The molecule has 2 saturated heterocycles. The summed E-state index contributed by atoms with van der Waals surface area (Å²) in [5.74, 6) is 1.05. The van der Waals surface area contributed by atoms with Crippen LogP contribution in [0.5, 0.6) is 0 Å². The lowest BCUT2D eigenvalue weighted by molar-refractivity contribution is -0.0949. The Hall–Kier alpha value is -0.120. The topological polar surface area (TPSA) is 21.7 Å². The molecule has 0 bridgehead atoms. The highest BCUT2D eigenvalue weighted by Crippen LogP contribution is 2.42. The molecule has 2 fully saturated rings. The first-order valence-corrected chi connectivity index (χ1v) is 6.53. The third kappa shape index (κ3) is 1.69. The molecule has 2 aliphatic rings. The van der Waals surface area contributed by atoms with Crippen LogP contribution in [0.2, 0.25) is 0 Å². The molecule has 16 heavy (non-hydrogen) atoms. The van der Waals surface area contributed by atoms with Crippen molar-refractivity contribution in [2.24, 2.45) is 11.8 Å². The van der Waals surface area contributed by atoms with E-state index in [-0.39, 0.29) is 18.0 Å². The van der Waals surface area contributed by atoms with Gasteiger partial charge in [-0.2, -0.15) is 0 Å². The maximum atomic E-state index is 6.00. The Morgan fingerprint density at radius 3 is 1.81 bits per heavy atom. The lowest BCUT2D eigenvalue weighted by atomic mass is 9.96. The summed E-state index contributed by atoms with van der Waals surface area (Å²) in [5.41, 5.74) is 0.143. The maximum absolute atomic E-state index is 6.00. The SMILES string of the molecule is CCC12CO[C@@H](C(C)C)N1[C@H](C(C)C)OC2. The molecule has 0 aromatic heterocycles. The van der Waals surface area contributed by atoms with E-state index in [4.69, 9.17) is 9.47 Å². The molecule has 2 heterocycles. The summed E-state index contributed by atoms with van der Waals surface area (Å²) in [5, 5.41) is 0. The van der Waals surface area contributed by atoms with Crippen LogP contribution in [0.15, 0.2) is 0 Å². The fourth-order valence-electron chi connectivity index (χ4n) is 2.93. The normalized spacial score (nSPS) is 33.9. The molecule has 0 radical (unpaired) electrons. The smallest absolute Gasteiger partial charge is 0.115 e. The summed E-state index contributed by atoms with van der Waals surface area (Å²) in [4.78, 5) is 2.50. The average Bonchev–Trinajstić information content (AvgIpc) is 2.72. The predicted molar refractivity (Wildman–Crippen MR) is 64.0 cm³/mol. The monoisotopic (exact) mass is 227 g/mol. The Bertz CT molecular complexity index is 232. The molecular formula is C13H25NO2. The van der Waals surface area contributed by atoms with Crippen LogP contribution in [-0.2, 0) is 9.47 Å². The fourth-order valence-corrected chi connectivity index (χ4v) is 2.93. The minimum atomic E-state index is 0.143. The van der Waals surface area contributed by atoms with E-state index in [0.717, 1.165) is 19.6 Å². The van der Waals surface area contributed by atoms with E-state index in [1.165, 1.54) is 0 Å². The summed E-state index contributed by atoms with van der Waals surface area (Å²) < 4.78 is 12.0. The molecule has 0 N–H and O–H groups in total. The molecular weight excluding hydrogens is 202 g/mol. The first-order chi connectivity index (χ1) is 7.52. The van der Waals surface area contributed by atoms with Crippen LogP contribution < -0.4 is 0 Å². The zero-order chi connectivity index (χ0) is 11.9. The van der Waals surface area contributed by atoms with Gasteiger partial charge >= 0.3 is 0 Å². The van der Waals surface area contributed by atoms with Gasteiger partial charge in [-0.15, -0.1) is 0 Å². The van der Waals surface area contributed by atoms with Crippen LogP contribution in [0.4, 0.5) is 0 Å². The second-order valence-corrected chi connectivity index (χ2v) is 5.88. The number of ether oxygens (including phenoxy) is 2. The van der Waals surface area contributed by atoms with Gasteiger partial charge in [0.05, 0.1) is 18.8 Å². The number of fused-ring (bicyclic) bond motifs is 1. The second kappa shape index (κ2) is 4.28. The van der Waals surface area contributed by atoms with Crippen molar-refractivity contribution in [3.63, 3.8) is 0 Å². The molecule has 0 saturated carbocycles. The third-order valence-corrected chi connectivity index (χ3v) is 3.94. The van der Waals surface area contributed by atoms with Gasteiger partial charge in [-0.1, -0.05) is 34.6 Å². The van der Waals surface area contributed by atoms with E-state index >= 15 is 0 Å². The van der Waals surface area contributed by atoms with Crippen LogP contribution in [0, 0.1) is 11.8 Å². The Kier molecular flexibility index (Phi) is 3.30. The van der Waals surface area contributed by atoms with Gasteiger partial charge in [0, 0.05) is 0 Å². The van der Waals surface area contributed by atoms with Gasteiger partial charge < -0.3 is 9.47 Å². The molecule has 0 aliphatic carbocycles. The van der Waals surface area contributed by atoms with E-state index in [1.807, 2.05) is 0 Å². The Morgan fingerprint density at radius 1 is 1.06 bits per heavy atom. The molecule has 0 aromatic carbocycles. The Morgan fingerprint density at radius 2 is 1.50 bits per heavy atom. The highest BCUT2D eigenvalue weighted by atomic mass is 16.6. The van der Waals surface area contributed by atoms with Gasteiger partial charge in [-0.05, 0) is 18.3 Å². The summed E-state index contributed by atoms with van der Waals surface area (Å²) in [6.07, 6.45) is 1.57. The van der Waals surface area contributed by atoms with Crippen LogP contribution >= 0.6 is 0 Å². The highest BCUT2D eigenvalue weighted by Gasteiger charge is 2.55. The zero-order valence-corrected chi connectivity index (χ0v) is 11.2. The number of hydrogen-bond acceptors (Lipinski definition) is 3. The highest BCUT2D eigenvalue weighted by molar-refractivity contribution is 5.02. The summed E-state index contributed by atoms with van der Waals surface area (Å²) in [6, 6.07) is 0. The van der Waals surface area contributed by atoms with Crippen LogP contribution in [-0.4, -0.2) is 36.1 Å². The molecule has 3 nitrogen and oxygen atoms in total. The van der Waals surface area contributed by atoms with Crippen LogP contribution in [0.25, 0.3) is 0 Å². The van der Waals surface area contributed by atoms with Gasteiger partial charge in [0.25, 0.3) is 0 Å². The molecule has 2 rings (SSSR count). The number of nitrogens with zero attached hydrogens (tertiary/aromatic N) is 1. The standard InChI is InChI=1S/C13H25NO2/c1-6-13-7-15-11(9(2)3)14(13)12(10(4)5)16-8-13/h9-12H,6-8H2,1-5H3/t11-,12-/m0/s1. The van der Waals surface area contributed by atoms with Crippen LogP contribution in [0.1, 0.15) is 41.0 Å². The lowest BCUT2D eigenvalue weighted by Crippen LogP contribution is -2.51. The van der Waals surface area contributed by atoms with Crippen molar-refractivity contribution in [2.75, 3.05) is 13.2 Å².